The molecule has 1 aromatic carbocycles. The minimum absolute atomic E-state index is 0. The first-order valence-corrected chi connectivity index (χ1v) is 9.37. The third-order valence-corrected chi connectivity index (χ3v) is 3.19. The van der Waals surface area contributed by atoms with Gasteiger partial charge in [-0.1, -0.05) is 20.8 Å². The van der Waals surface area contributed by atoms with E-state index in [0.29, 0.717) is 19.8 Å². The van der Waals surface area contributed by atoms with Crippen LogP contribution in [0.3, 0.4) is 0 Å². The van der Waals surface area contributed by atoms with E-state index in [-0.39, 0.29) is 26.2 Å². The van der Waals surface area contributed by atoms with E-state index in [9.17, 15) is 3.50 Å². The molecule has 0 bridgehead atoms. The second kappa shape index (κ2) is 31.8. The Morgan fingerprint density at radius 2 is 1.10 bits per heavy atom. The summed E-state index contributed by atoms with van der Waals surface area (Å²) < 4.78 is 12.7. The first kappa shape index (κ1) is 28.7. The third kappa shape index (κ3) is 36.3. The Kier molecular flexibility index (Phi) is 45.6. The molecule has 0 radical (unpaired) electrons. The molecular formula is C14H30FGeO3Zr-. The Hall–Kier alpha value is 0.586. The molecule has 0 spiro atoms. The molecule has 0 aromatic heterocycles. The molecule has 0 amide bonds. The summed E-state index contributed by atoms with van der Waals surface area (Å²) in [5.74, 6) is 0. The van der Waals surface area contributed by atoms with Crippen LogP contribution < -0.4 is 4.40 Å². The van der Waals surface area contributed by atoms with Gasteiger partial charge < -0.3 is 15.3 Å². The van der Waals surface area contributed by atoms with E-state index in [1.165, 1.54) is 0 Å². The molecule has 120 valence electrons. The van der Waals surface area contributed by atoms with Crippen molar-refractivity contribution in [2.24, 2.45) is 0 Å². The van der Waals surface area contributed by atoms with Gasteiger partial charge in [0.15, 0.2) is 0 Å². The zero-order chi connectivity index (χ0) is 15.4. The van der Waals surface area contributed by atoms with Crippen molar-refractivity contribution in [2.45, 2.75) is 40.0 Å². The Morgan fingerprint density at radius 1 is 0.850 bits per heavy atom. The van der Waals surface area contributed by atoms with Gasteiger partial charge in [0.05, 0.1) is 0 Å². The predicted octanol–water partition coefficient (Wildman–Crippen LogP) is 1.25. The number of hydrogen-bond donors (Lipinski definition) is 3. The first-order chi connectivity index (χ1) is 9.17. The molecule has 1 aromatic rings. The van der Waals surface area contributed by atoms with Crippen LogP contribution in [0.5, 0.6) is 0 Å². The fraction of sp³-hybridized carbons (Fsp3) is 0.643. The van der Waals surface area contributed by atoms with Gasteiger partial charge >= 0.3 is 48.1 Å². The Labute approximate surface area is 149 Å². The number of halogens is 1. The summed E-state index contributed by atoms with van der Waals surface area (Å²) in [5.41, 5.74) is 0. The van der Waals surface area contributed by atoms with Crippen molar-refractivity contribution < 1.29 is 45.0 Å². The molecule has 0 atom stereocenters. The minimum atomic E-state index is -1.73. The molecule has 6 heteroatoms. The van der Waals surface area contributed by atoms with Crippen molar-refractivity contribution in [1.82, 2.24) is 0 Å². The minimum Gasteiger partial charge on any atom is 0 e. The molecule has 1 rings (SSSR count). The molecule has 0 aliphatic rings. The molecule has 0 unspecified atom stereocenters. The van der Waals surface area contributed by atoms with Gasteiger partial charge in [-0.3, -0.25) is 0 Å². The summed E-state index contributed by atoms with van der Waals surface area (Å²) in [6, 6.07) is 7.44. The number of hydrogen-bond acceptors (Lipinski definition) is 3. The molecule has 3 N–H and O–H groups in total. The fourth-order valence-corrected chi connectivity index (χ4v) is 1.45. The Balaban J connectivity index is -0.0000000881. The summed E-state index contributed by atoms with van der Waals surface area (Å²) in [6.07, 6.45) is 2.62. The zero-order valence-corrected chi connectivity index (χ0v) is 18.4. The van der Waals surface area contributed by atoms with Crippen LogP contribution in [0.2, 0.25) is 0 Å². The molecule has 0 saturated heterocycles. The van der Waals surface area contributed by atoms with Gasteiger partial charge in [-0.05, 0) is 19.3 Å². The average molecular weight is 429 g/mol. The van der Waals surface area contributed by atoms with E-state index >= 15 is 0 Å². The molecule has 0 aliphatic heterocycles. The van der Waals surface area contributed by atoms with E-state index in [0.717, 1.165) is 23.7 Å². The first-order valence-electron chi connectivity index (χ1n) is 6.77. The van der Waals surface area contributed by atoms with Crippen molar-refractivity contribution in [3.05, 3.63) is 24.3 Å². The number of rotatable bonds is 4. The fourth-order valence-electron chi connectivity index (χ4n) is 0.503. The molecule has 20 heavy (non-hydrogen) atoms. The third-order valence-electron chi connectivity index (χ3n) is 1.56. The van der Waals surface area contributed by atoms with Crippen LogP contribution in [-0.4, -0.2) is 51.0 Å². The van der Waals surface area contributed by atoms with Crippen molar-refractivity contribution >= 4 is 20.3 Å². The van der Waals surface area contributed by atoms with Crippen LogP contribution in [0.4, 0.5) is 3.50 Å². The maximum absolute atomic E-state index is 11.7. The Morgan fingerprint density at radius 3 is 1.20 bits per heavy atom. The summed E-state index contributed by atoms with van der Waals surface area (Å²) in [6.45, 7) is 6.75. The molecule has 0 fully saturated rings. The maximum atomic E-state index is 11.7. The van der Waals surface area contributed by atoms with Crippen LogP contribution in [-0.2, 0) is 26.2 Å². The smallest absolute Gasteiger partial charge is 0 e. The largest absolute Gasteiger partial charge is 0 e. The van der Waals surface area contributed by atoms with E-state index in [1.54, 1.807) is 0 Å². The van der Waals surface area contributed by atoms with Gasteiger partial charge in [-0.15, -0.1) is 0 Å². The van der Waals surface area contributed by atoms with Crippen LogP contribution in [0.1, 0.15) is 40.0 Å². The predicted molar refractivity (Wildman–Crippen MR) is 83.5 cm³/mol. The normalized spacial score (nSPS) is 8.35. The molecular weight excluding hydrogens is 399 g/mol. The quantitative estimate of drug-likeness (QED) is 0.499. The van der Waals surface area contributed by atoms with Crippen LogP contribution in [0, 0.1) is 0 Å². The van der Waals surface area contributed by atoms with Crippen molar-refractivity contribution in [3.8, 4) is 0 Å². The summed E-state index contributed by atoms with van der Waals surface area (Å²) in [7, 11) is 0. The van der Waals surface area contributed by atoms with E-state index in [4.69, 9.17) is 15.3 Å². The van der Waals surface area contributed by atoms with Gasteiger partial charge in [0.2, 0.25) is 0 Å². The second-order valence-corrected chi connectivity index (χ2v) is 5.87. The van der Waals surface area contributed by atoms with Crippen LogP contribution in [0.25, 0.3) is 0 Å². The van der Waals surface area contributed by atoms with Crippen LogP contribution in [0.15, 0.2) is 24.3 Å². The van der Waals surface area contributed by atoms with Crippen LogP contribution >= 0.6 is 0 Å². The van der Waals surface area contributed by atoms with Gasteiger partial charge in [-0.2, -0.15) is 0 Å². The SMILES string of the molecule is CCCO.CCCO.CCCO.[F][GeH2][c-]1cccc1.[Zr]. The maximum Gasteiger partial charge on any atom is 0 e. The summed E-state index contributed by atoms with van der Waals surface area (Å²) in [5, 5.41) is 23.6. The van der Waals surface area contributed by atoms with Gasteiger partial charge in [0.1, 0.15) is 0 Å². The average Bonchev–Trinajstić information content (AvgIpc) is 3.01. The van der Waals surface area contributed by atoms with Gasteiger partial charge in [0, 0.05) is 46.0 Å². The van der Waals surface area contributed by atoms with Gasteiger partial charge in [-0.25, -0.2) is 0 Å². The van der Waals surface area contributed by atoms with E-state index in [2.05, 4.69) is 0 Å². The van der Waals surface area contributed by atoms with Crippen molar-refractivity contribution in [3.63, 3.8) is 0 Å². The number of aliphatic hydroxyl groups excluding tert-OH is 3. The standard InChI is InChI=1S/C5H6FGe.3C3H8O.Zr/c6-7-5-3-1-2-4-5;3*1-2-3-4;/h1-4H,7H2;3*4H,2-3H2,1H3;/q-1;;;;. The molecule has 0 heterocycles. The van der Waals surface area contributed by atoms with Crippen molar-refractivity contribution in [1.29, 1.82) is 0 Å². The second-order valence-electron chi connectivity index (χ2n) is 3.60. The summed E-state index contributed by atoms with van der Waals surface area (Å²) >= 11 is -1.73. The molecule has 0 saturated carbocycles. The van der Waals surface area contributed by atoms with E-state index in [1.807, 2.05) is 45.0 Å². The zero-order valence-electron chi connectivity index (χ0n) is 13.0. The van der Waals surface area contributed by atoms with Gasteiger partial charge in [0.25, 0.3) is 0 Å². The van der Waals surface area contributed by atoms with E-state index < -0.39 is 15.9 Å². The molecule has 0 aliphatic carbocycles. The Bertz CT molecular complexity index is 197. The number of aliphatic hydroxyl groups is 3. The molecule has 3 nitrogen and oxygen atoms in total. The summed E-state index contributed by atoms with van der Waals surface area (Å²) in [4.78, 5) is 0. The van der Waals surface area contributed by atoms with Crippen molar-refractivity contribution in [2.75, 3.05) is 19.8 Å². The topological polar surface area (TPSA) is 60.7 Å². The monoisotopic (exact) mass is 429 g/mol.